The number of hydrogen-bond donors (Lipinski definition) is 0. The fourth-order valence-corrected chi connectivity index (χ4v) is 3.68. The van der Waals surface area contributed by atoms with Crippen LogP contribution in [-0.4, -0.2) is 40.6 Å². The third-order valence-electron chi connectivity index (χ3n) is 5.33. The number of halogens is 1. The Labute approximate surface area is 175 Å². The Morgan fingerprint density at radius 2 is 2.00 bits per heavy atom. The van der Waals surface area contributed by atoms with Gasteiger partial charge in [0.05, 0.1) is 24.8 Å². The van der Waals surface area contributed by atoms with E-state index in [1.165, 1.54) is 12.1 Å². The number of aryl methyl sites for hydroxylation is 1. The highest BCUT2D eigenvalue weighted by molar-refractivity contribution is 6.00. The van der Waals surface area contributed by atoms with Crippen molar-refractivity contribution in [2.24, 2.45) is 0 Å². The number of likely N-dealkylation sites (tertiary alicyclic amines) is 1. The van der Waals surface area contributed by atoms with Crippen molar-refractivity contribution in [3.63, 3.8) is 0 Å². The number of benzene rings is 2. The highest BCUT2D eigenvalue weighted by Gasteiger charge is 2.25. The van der Waals surface area contributed by atoms with E-state index in [2.05, 4.69) is 4.98 Å². The summed E-state index contributed by atoms with van der Waals surface area (Å²) in [5, 5.41) is 0. The zero-order valence-electron chi connectivity index (χ0n) is 17.1. The normalized spacial score (nSPS) is 15.2. The first kappa shape index (κ1) is 19.9. The fourth-order valence-electron chi connectivity index (χ4n) is 3.68. The Kier molecular flexibility index (Phi) is 5.65. The molecule has 2 aromatic carbocycles. The molecule has 30 heavy (non-hydrogen) atoms. The number of nitrogens with zero attached hydrogens (tertiary/aromatic N) is 3. The van der Waals surface area contributed by atoms with Crippen molar-refractivity contribution in [3.8, 4) is 11.4 Å². The number of amides is 1. The van der Waals surface area contributed by atoms with Crippen molar-refractivity contribution in [1.29, 1.82) is 0 Å². The largest absolute Gasteiger partial charge is 0.495 e. The first-order chi connectivity index (χ1) is 14.5. The summed E-state index contributed by atoms with van der Waals surface area (Å²) >= 11 is 0. The van der Waals surface area contributed by atoms with Gasteiger partial charge in [-0.1, -0.05) is 18.2 Å². The molecule has 0 radical (unpaired) electrons. The lowest BCUT2D eigenvalue weighted by Crippen LogP contribution is -2.27. The molecule has 1 fully saturated rings. The van der Waals surface area contributed by atoms with E-state index in [9.17, 15) is 9.18 Å². The van der Waals surface area contributed by atoms with Crippen LogP contribution in [0.15, 0.2) is 60.6 Å². The number of ether oxygens (including phenoxy) is 1. The van der Waals surface area contributed by atoms with Gasteiger partial charge < -0.3 is 14.2 Å². The molecule has 3 aromatic rings. The highest BCUT2D eigenvalue weighted by Crippen LogP contribution is 2.27. The van der Waals surface area contributed by atoms with Gasteiger partial charge in [-0.25, -0.2) is 9.37 Å². The van der Waals surface area contributed by atoms with Crippen LogP contribution < -0.4 is 4.74 Å². The van der Waals surface area contributed by atoms with Crippen LogP contribution in [0.3, 0.4) is 0 Å². The van der Waals surface area contributed by atoms with E-state index in [1.54, 1.807) is 25.6 Å². The lowest BCUT2D eigenvalue weighted by molar-refractivity contribution is -0.124. The second-order valence-electron chi connectivity index (χ2n) is 7.44. The van der Waals surface area contributed by atoms with Gasteiger partial charge in [0.25, 0.3) is 0 Å². The van der Waals surface area contributed by atoms with Crippen LogP contribution in [0, 0.1) is 12.7 Å². The molecule has 0 bridgehead atoms. The Morgan fingerprint density at radius 1 is 1.20 bits per heavy atom. The smallest absolute Gasteiger partial charge is 0.249 e. The predicted molar refractivity (Wildman–Crippen MR) is 114 cm³/mol. The Hall–Kier alpha value is -3.41. The molecule has 4 rings (SSSR count). The Bertz CT molecular complexity index is 1090. The molecule has 2 heterocycles. The summed E-state index contributed by atoms with van der Waals surface area (Å²) in [6.45, 7) is 3.27. The molecule has 0 atom stereocenters. The van der Waals surface area contributed by atoms with Crippen LogP contribution >= 0.6 is 0 Å². The summed E-state index contributed by atoms with van der Waals surface area (Å²) in [6, 6.07) is 12.3. The lowest BCUT2D eigenvalue weighted by atomic mass is 10.1. The fraction of sp³-hybridized carbons (Fsp3) is 0.250. The van der Waals surface area contributed by atoms with Gasteiger partial charge in [0, 0.05) is 24.9 Å². The molecule has 0 saturated carbocycles. The Morgan fingerprint density at radius 3 is 2.70 bits per heavy atom. The summed E-state index contributed by atoms with van der Waals surface area (Å²) < 4.78 is 20.5. The molecule has 0 unspecified atom stereocenters. The maximum Gasteiger partial charge on any atom is 0.249 e. The molecular weight excluding hydrogens is 381 g/mol. The van der Waals surface area contributed by atoms with E-state index in [4.69, 9.17) is 4.74 Å². The zero-order chi connectivity index (χ0) is 21.1. The second kappa shape index (κ2) is 8.53. The van der Waals surface area contributed by atoms with Crippen molar-refractivity contribution in [1.82, 2.24) is 14.5 Å². The molecular formula is C24H24FN3O2. The van der Waals surface area contributed by atoms with Crippen molar-refractivity contribution < 1.29 is 13.9 Å². The summed E-state index contributed by atoms with van der Waals surface area (Å²) in [4.78, 5) is 18.9. The summed E-state index contributed by atoms with van der Waals surface area (Å²) in [5.74, 6) is 0.539. The number of imidazole rings is 1. The average molecular weight is 405 g/mol. The van der Waals surface area contributed by atoms with Crippen molar-refractivity contribution >= 4 is 12.0 Å². The van der Waals surface area contributed by atoms with Gasteiger partial charge in [-0.3, -0.25) is 4.79 Å². The van der Waals surface area contributed by atoms with Crippen molar-refractivity contribution in [3.05, 3.63) is 83.2 Å². The van der Waals surface area contributed by atoms with Crippen molar-refractivity contribution in [2.75, 3.05) is 20.2 Å². The van der Waals surface area contributed by atoms with Gasteiger partial charge in [-0.2, -0.15) is 0 Å². The molecule has 5 nitrogen and oxygen atoms in total. The molecule has 1 amide bonds. The van der Waals surface area contributed by atoms with E-state index in [0.717, 1.165) is 33.8 Å². The van der Waals surface area contributed by atoms with Crippen LogP contribution in [0.4, 0.5) is 4.39 Å². The van der Waals surface area contributed by atoms with E-state index in [-0.39, 0.29) is 11.7 Å². The zero-order valence-corrected chi connectivity index (χ0v) is 17.1. The van der Waals surface area contributed by atoms with Gasteiger partial charge in [-0.05, 0) is 61.2 Å². The molecule has 154 valence electrons. The van der Waals surface area contributed by atoms with E-state index in [1.807, 2.05) is 46.9 Å². The predicted octanol–water partition coefficient (Wildman–Crippen LogP) is 4.19. The third kappa shape index (κ3) is 4.27. The number of methoxy groups -OCH3 is 1. The lowest BCUT2D eigenvalue weighted by Gasteiger charge is -2.15. The monoisotopic (exact) mass is 405 g/mol. The number of rotatable bonds is 6. The first-order valence-corrected chi connectivity index (χ1v) is 9.97. The topological polar surface area (TPSA) is 47.4 Å². The van der Waals surface area contributed by atoms with E-state index >= 15 is 0 Å². The summed E-state index contributed by atoms with van der Waals surface area (Å²) in [7, 11) is 1.64. The molecule has 1 aliphatic rings. The molecule has 0 spiro atoms. The highest BCUT2D eigenvalue weighted by atomic mass is 19.1. The number of aromatic nitrogens is 2. The minimum Gasteiger partial charge on any atom is -0.495 e. The maximum atomic E-state index is 13.0. The molecule has 0 N–H and O–H groups in total. The van der Waals surface area contributed by atoms with Crippen molar-refractivity contribution in [2.45, 2.75) is 19.8 Å². The second-order valence-corrected chi connectivity index (χ2v) is 7.44. The minimum absolute atomic E-state index is 0.0605. The molecule has 1 aromatic heterocycles. The van der Waals surface area contributed by atoms with Gasteiger partial charge in [0.15, 0.2) is 0 Å². The third-order valence-corrected chi connectivity index (χ3v) is 5.33. The van der Waals surface area contributed by atoms with E-state index in [0.29, 0.717) is 25.9 Å². The standard InChI is InChI=1S/C24H24FN3O2/c1-17-15-28(16-26-17)22-8-5-19(14-23(22)30-2)13-20-10-12-27(24(20)29)11-9-18-3-6-21(25)7-4-18/h3-8,13-16H,9-12H2,1-2H3/b20-13+. The van der Waals surface area contributed by atoms with Crippen LogP contribution in [0.2, 0.25) is 0 Å². The molecule has 1 saturated heterocycles. The minimum atomic E-state index is -0.245. The van der Waals surface area contributed by atoms with Crippen LogP contribution in [0.5, 0.6) is 5.75 Å². The molecule has 6 heteroatoms. The van der Waals surface area contributed by atoms with Gasteiger partial charge >= 0.3 is 0 Å². The maximum absolute atomic E-state index is 13.0. The average Bonchev–Trinajstić information content (AvgIpc) is 3.33. The molecule has 0 aliphatic carbocycles. The van der Waals surface area contributed by atoms with Gasteiger partial charge in [0.2, 0.25) is 5.91 Å². The quantitative estimate of drug-likeness (QED) is 0.578. The SMILES string of the molecule is COc1cc(/C=C2\CCN(CCc3ccc(F)cc3)C2=O)ccc1-n1cnc(C)c1. The summed E-state index contributed by atoms with van der Waals surface area (Å²) in [6.07, 6.45) is 7.06. The number of carbonyl (C=O) groups excluding carboxylic acids is 1. The number of carbonyl (C=O) groups is 1. The molecule has 1 aliphatic heterocycles. The number of hydrogen-bond acceptors (Lipinski definition) is 3. The van der Waals surface area contributed by atoms with Gasteiger partial charge in [-0.15, -0.1) is 0 Å². The van der Waals surface area contributed by atoms with Crippen LogP contribution in [0.1, 0.15) is 23.2 Å². The Balaban J connectivity index is 1.46. The summed E-state index contributed by atoms with van der Waals surface area (Å²) in [5.41, 5.74) is 4.58. The van der Waals surface area contributed by atoms with Gasteiger partial charge in [0.1, 0.15) is 11.6 Å². The van der Waals surface area contributed by atoms with E-state index < -0.39 is 0 Å². The first-order valence-electron chi connectivity index (χ1n) is 9.97. The van der Waals surface area contributed by atoms with Crippen LogP contribution in [-0.2, 0) is 11.2 Å². The van der Waals surface area contributed by atoms with Crippen LogP contribution in [0.25, 0.3) is 11.8 Å².